The van der Waals surface area contributed by atoms with Crippen molar-refractivity contribution in [3.05, 3.63) is 94.6 Å². The molecule has 27 heavy (non-hydrogen) atoms. The van der Waals surface area contributed by atoms with Gasteiger partial charge in [-0.15, -0.1) is 11.6 Å². The van der Waals surface area contributed by atoms with E-state index in [9.17, 15) is 4.39 Å². The average molecular weight is 384 g/mol. The minimum absolute atomic E-state index is 0.255. The van der Waals surface area contributed by atoms with Crippen molar-refractivity contribution >= 4 is 11.6 Å². The summed E-state index contributed by atoms with van der Waals surface area (Å²) in [5.74, 6) is 0.658. The molecule has 0 saturated carbocycles. The first-order chi connectivity index (χ1) is 13.1. The van der Waals surface area contributed by atoms with E-state index in [0.717, 1.165) is 22.3 Å². The van der Waals surface area contributed by atoms with Gasteiger partial charge in [0.2, 0.25) is 0 Å². The van der Waals surface area contributed by atoms with Crippen molar-refractivity contribution in [2.45, 2.75) is 31.6 Å². The summed E-state index contributed by atoms with van der Waals surface area (Å²) in [5.41, 5.74) is 3.80. The van der Waals surface area contributed by atoms with E-state index in [4.69, 9.17) is 21.1 Å². The third-order valence-electron chi connectivity index (χ3n) is 4.98. The largest absolute Gasteiger partial charge is 0.487 e. The van der Waals surface area contributed by atoms with Crippen molar-refractivity contribution < 1.29 is 13.9 Å². The number of aromatic nitrogens is 1. The molecule has 4 rings (SSSR count). The summed E-state index contributed by atoms with van der Waals surface area (Å²) in [6.07, 6.45) is 1.79. The molecular weight excluding hydrogens is 365 g/mol. The van der Waals surface area contributed by atoms with Gasteiger partial charge in [0.25, 0.3) is 0 Å². The summed E-state index contributed by atoms with van der Waals surface area (Å²) >= 11 is 6.10. The molecule has 0 amide bonds. The van der Waals surface area contributed by atoms with Crippen molar-refractivity contribution in [2.75, 3.05) is 0 Å². The van der Waals surface area contributed by atoms with Crippen LogP contribution in [0, 0.1) is 5.82 Å². The lowest BCUT2D eigenvalue weighted by molar-refractivity contribution is 0.00919. The van der Waals surface area contributed by atoms with Crippen LogP contribution in [0.2, 0.25) is 0 Å². The van der Waals surface area contributed by atoms with Crippen molar-refractivity contribution in [2.24, 2.45) is 0 Å². The van der Waals surface area contributed by atoms with Gasteiger partial charge in [0.1, 0.15) is 23.8 Å². The first kappa shape index (κ1) is 18.0. The van der Waals surface area contributed by atoms with Gasteiger partial charge in [0.05, 0.1) is 18.2 Å². The highest BCUT2D eigenvalue weighted by atomic mass is 35.5. The molecule has 2 aromatic carbocycles. The van der Waals surface area contributed by atoms with Gasteiger partial charge in [0, 0.05) is 17.3 Å². The van der Waals surface area contributed by atoms with E-state index in [1.54, 1.807) is 18.3 Å². The number of nitrogens with zero attached hydrogens (tertiary/aromatic N) is 1. The second kappa shape index (κ2) is 7.29. The lowest BCUT2D eigenvalue weighted by Crippen LogP contribution is -2.22. The second-order valence-electron chi connectivity index (χ2n) is 6.66. The fraction of sp³-hybridized carbons (Fsp3) is 0.227. The first-order valence-corrected chi connectivity index (χ1v) is 9.29. The maximum absolute atomic E-state index is 13.3. The fourth-order valence-corrected chi connectivity index (χ4v) is 3.62. The Morgan fingerprint density at radius 2 is 1.89 bits per heavy atom. The van der Waals surface area contributed by atoms with Crippen LogP contribution in [0.25, 0.3) is 0 Å². The lowest BCUT2D eigenvalue weighted by atomic mass is 9.88. The molecule has 2 heterocycles. The van der Waals surface area contributed by atoms with Crippen molar-refractivity contribution in [3.8, 4) is 5.75 Å². The highest BCUT2D eigenvalue weighted by Crippen LogP contribution is 2.45. The number of hydrogen-bond donors (Lipinski definition) is 0. The van der Waals surface area contributed by atoms with E-state index in [1.165, 1.54) is 12.1 Å². The Labute approximate surface area is 162 Å². The number of halogens is 2. The van der Waals surface area contributed by atoms with E-state index in [-0.39, 0.29) is 11.7 Å². The van der Waals surface area contributed by atoms with Crippen LogP contribution < -0.4 is 4.74 Å². The zero-order chi connectivity index (χ0) is 18.9. The monoisotopic (exact) mass is 383 g/mol. The molecule has 1 unspecified atom stereocenters. The molecule has 1 aliphatic rings. The Morgan fingerprint density at radius 3 is 2.59 bits per heavy atom. The van der Waals surface area contributed by atoms with Gasteiger partial charge in [-0.2, -0.15) is 0 Å². The topological polar surface area (TPSA) is 31.4 Å². The summed E-state index contributed by atoms with van der Waals surface area (Å²) in [6.45, 7) is 2.78. The predicted octanol–water partition coefficient (Wildman–Crippen LogP) is 5.33. The van der Waals surface area contributed by atoms with E-state index < -0.39 is 5.60 Å². The molecule has 0 radical (unpaired) electrons. The molecule has 3 nitrogen and oxygen atoms in total. The van der Waals surface area contributed by atoms with Crippen LogP contribution in [0.1, 0.15) is 34.9 Å². The lowest BCUT2D eigenvalue weighted by Gasteiger charge is -2.25. The minimum atomic E-state index is -0.703. The number of fused-ring (bicyclic) bond motifs is 1. The van der Waals surface area contributed by atoms with Crippen LogP contribution in [-0.2, 0) is 29.4 Å². The van der Waals surface area contributed by atoms with Crippen LogP contribution in [0.3, 0.4) is 0 Å². The van der Waals surface area contributed by atoms with Crippen molar-refractivity contribution in [1.29, 1.82) is 0 Å². The van der Waals surface area contributed by atoms with Crippen LogP contribution >= 0.6 is 11.6 Å². The Morgan fingerprint density at radius 1 is 1.15 bits per heavy atom. The van der Waals surface area contributed by atoms with Gasteiger partial charge in [-0.25, -0.2) is 4.39 Å². The number of pyridine rings is 1. The number of ether oxygens (including phenoxy) is 2. The van der Waals surface area contributed by atoms with E-state index in [1.807, 2.05) is 37.3 Å². The Kier molecular flexibility index (Phi) is 4.85. The first-order valence-electron chi connectivity index (χ1n) is 8.76. The minimum Gasteiger partial charge on any atom is -0.487 e. The maximum atomic E-state index is 13.3. The molecule has 0 N–H and O–H groups in total. The standard InChI is InChI=1S/C22H19ClFNO2/c1-22(16-7-9-17(24)10-8-16)19-12-25-20(11-23)21(18(19)14-27-22)26-13-15-5-3-2-4-6-15/h2-10,12H,11,13-14H2,1H3. The van der Waals surface area contributed by atoms with E-state index >= 15 is 0 Å². The molecule has 1 aliphatic heterocycles. The third kappa shape index (κ3) is 3.31. The van der Waals surface area contributed by atoms with Gasteiger partial charge < -0.3 is 9.47 Å². The SMILES string of the molecule is CC1(c2ccc(F)cc2)OCc2c1cnc(CCl)c2OCc1ccccc1. The quantitative estimate of drug-likeness (QED) is 0.558. The van der Waals surface area contributed by atoms with Crippen LogP contribution in [0.15, 0.2) is 60.8 Å². The molecule has 5 heteroatoms. The number of alkyl halides is 1. The molecule has 0 bridgehead atoms. The summed E-state index contributed by atoms with van der Waals surface area (Å²) in [5, 5.41) is 0. The highest BCUT2D eigenvalue weighted by molar-refractivity contribution is 6.17. The molecule has 0 saturated heterocycles. The summed E-state index contributed by atoms with van der Waals surface area (Å²) in [6, 6.07) is 16.3. The van der Waals surface area contributed by atoms with Gasteiger partial charge in [-0.1, -0.05) is 42.5 Å². The van der Waals surface area contributed by atoms with E-state index in [0.29, 0.717) is 24.7 Å². The normalized spacial score (nSPS) is 18.3. The fourth-order valence-electron chi connectivity index (χ4n) is 3.43. The van der Waals surface area contributed by atoms with Crippen molar-refractivity contribution in [1.82, 2.24) is 4.98 Å². The Bertz CT molecular complexity index is 947. The van der Waals surface area contributed by atoms with Crippen LogP contribution in [0.5, 0.6) is 5.75 Å². The van der Waals surface area contributed by atoms with Gasteiger partial charge in [-0.3, -0.25) is 4.98 Å². The molecule has 1 atom stereocenters. The average Bonchev–Trinajstić information content (AvgIpc) is 3.05. The molecule has 138 valence electrons. The summed E-state index contributed by atoms with van der Waals surface area (Å²) in [7, 11) is 0. The number of benzene rings is 2. The van der Waals surface area contributed by atoms with E-state index in [2.05, 4.69) is 4.98 Å². The Balaban J connectivity index is 1.71. The van der Waals surface area contributed by atoms with Crippen LogP contribution in [-0.4, -0.2) is 4.98 Å². The highest BCUT2D eigenvalue weighted by Gasteiger charge is 2.40. The van der Waals surface area contributed by atoms with Crippen LogP contribution in [0.4, 0.5) is 4.39 Å². The number of hydrogen-bond acceptors (Lipinski definition) is 3. The number of rotatable bonds is 5. The molecule has 0 fully saturated rings. The summed E-state index contributed by atoms with van der Waals surface area (Å²) in [4.78, 5) is 4.51. The third-order valence-corrected chi connectivity index (χ3v) is 5.23. The predicted molar refractivity (Wildman–Crippen MR) is 102 cm³/mol. The maximum Gasteiger partial charge on any atom is 0.148 e. The molecule has 0 spiro atoms. The van der Waals surface area contributed by atoms with Gasteiger partial charge in [-0.05, 0) is 30.2 Å². The molecular formula is C22H19ClFNO2. The van der Waals surface area contributed by atoms with Gasteiger partial charge >= 0.3 is 0 Å². The van der Waals surface area contributed by atoms with Crippen molar-refractivity contribution in [3.63, 3.8) is 0 Å². The summed E-state index contributed by atoms with van der Waals surface area (Å²) < 4.78 is 25.6. The Hall–Kier alpha value is -2.43. The molecule has 1 aromatic heterocycles. The zero-order valence-electron chi connectivity index (χ0n) is 14.9. The second-order valence-corrected chi connectivity index (χ2v) is 6.93. The molecule has 3 aromatic rings. The zero-order valence-corrected chi connectivity index (χ0v) is 15.7. The van der Waals surface area contributed by atoms with Gasteiger partial charge in [0.15, 0.2) is 0 Å². The smallest absolute Gasteiger partial charge is 0.148 e. The molecule has 0 aliphatic carbocycles.